The van der Waals surface area contributed by atoms with Crippen molar-refractivity contribution in [1.29, 1.82) is 0 Å². The van der Waals surface area contributed by atoms with Crippen LogP contribution in [0.1, 0.15) is 11.3 Å². The summed E-state index contributed by atoms with van der Waals surface area (Å²) in [5, 5.41) is 3.09. The predicted octanol–water partition coefficient (Wildman–Crippen LogP) is 3.91. The standard InChI is InChI=1S/C14H14Br2N2O/c1-17-7-10-2-4-12(18-8-10)9-19-14-5-3-11(15)6-13(14)16/h2-6,8,17H,7,9H2,1H3. The van der Waals surface area contributed by atoms with E-state index in [0.717, 1.165) is 32.5 Å². The van der Waals surface area contributed by atoms with E-state index < -0.39 is 0 Å². The van der Waals surface area contributed by atoms with Gasteiger partial charge in [-0.25, -0.2) is 0 Å². The Bertz CT molecular complexity index is 544. The van der Waals surface area contributed by atoms with Gasteiger partial charge in [-0.15, -0.1) is 0 Å². The number of hydrogen-bond acceptors (Lipinski definition) is 3. The molecule has 0 saturated heterocycles. The summed E-state index contributed by atoms with van der Waals surface area (Å²) in [5.74, 6) is 0.810. The predicted molar refractivity (Wildman–Crippen MR) is 83.2 cm³/mol. The molecule has 1 heterocycles. The van der Waals surface area contributed by atoms with Crippen LogP contribution in [-0.2, 0) is 13.2 Å². The lowest BCUT2D eigenvalue weighted by molar-refractivity contribution is 0.299. The fraction of sp³-hybridized carbons (Fsp3) is 0.214. The van der Waals surface area contributed by atoms with Crippen LogP contribution in [0.3, 0.4) is 0 Å². The quantitative estimate of drug-likeness (QED) is 0.847. The van der Waals surface area contributed by atoms with Gasteiger partial charge in [-0.05, 0) is 52.8 Å². The average molecular weight is 386 g/mol. The second-order valence-electron chi connectivity index (χ2n) is 4.05. The molecular weight excluding hydrogens is 372 g/mol. The smallest absolute Gasteiger partial charge is 0.134 e. The molecule has 0 atom stereocenters. The average Bonchev–Trinajstić information content (AvgIpc) is 2.40. The van der Waals surface area contributed by atoms with E-state index in [2.05, 4.69) is 48.2 Å². The second-order valence-corrected chi connectivity index (χ2v) is 5.82. The van der Waals surface area contributed by atoms with Gasteiger partial charge in [-0.3, -0.25) is 4.98 Å². The molecule has 0 radical (unpaired) electrons. The summed E-state index contributed by atoms with van der Waals surface area (Å²) in [5.41, 5.74) is 2.07. The molecule has 19 heavy (non-hydrogen) atoms. The van der Waals surface area contributed by atoms with E-state index in [1.54, 1.807) is 0 Å². The van der Waals surface area contributed by atoms with Crippen molar-refractivity contribution in [3.63, 3.8) is 0 Å². The van der Waals surface area contributed by atoms with Crippen molar-refractivity contribution < 1.29 is 4.74 Å². The van der Waals surface area contributed by atoms with Crippen LogP contribution in [-0.4, -0.2) is 12.0 Å². The van der Waals surface area contributed by atoms with Gasteiger partial charge >= 0.3 is 0 Å². The molecule has 5 heteroatoms. The van der Waals surface area contributed by atoms with Crippen LogP contribution in [0, 0.1) is 0 Å². The molecule has 0 aliphatic heterocycles. The van der Waals surface area contributed by atoms with Crippen LogP contribution < -0.4 is 10.1 Å². The van der Waals surface area contributed by atoms with Crippen molar-refractivity contribution in [2.24, 2.45) is 0 Å². The number of aromatic nitrogens is 1. The Hall–Kier alpha value is -0.910. The van der Waals surface area contributed by atoms with E-state index in [0.29, 0.717) is 6.61 Å². The van der Waals surface area contributed by atoms with E-state index in [9.17, 15) is 0 Å². The van der Waals surface area contributed by atoms with Crippen molar-refractivity contribution in [3.8, 4) is 5.75 Å². The third-order valence-electron chi connectivity index (χ3n) is 2.54. The Kier molecular flexibility index (Phi) is 5.36. The van der Waals surface area contributed by atoms with E-state index in [4.69, 9.17) is 4.74 Å². The van der Waals surface area contributed by atoms with Crippen LogP contribution >= 0.6 is 31.9 Å². The molecule has 1 aromatic heterocycles. The SMILES string of the molecule is CNCc1ccc(COc2ccc(Br)cc2Br)nc1. The fourth-order valence-corrected chi connectivity index (χ4v) is 2.75. The summed E-state index contributed by atoms with van der Waals surface area (Å²) in [7, 11) is 1.92. The van der Waals surface area contributed by atoms with Crippen LogP contribution in [0.25, 0.3) is 0 Å². The van der Waals surface area contributed by atoms with Crippen LogP contribution in [0.2, 0.25) is 0 Å². The van der Waals surface area contributed by atoms with Gasteiger partial charge in [0.1, 0.15) is 12.4 Å². The Morgan fingerprint density at radius 1 is 1.21 bits per heavy atom. The van der Waals surface area contributed by atoms with Gasteiger partial charge in [0.2, 0.25) is 0 Å². The summed E-state index contributed by atoms with van der Waals surface area (Å²) in [6.45, 7) is 1.28. The highest BCUT2D eigenvalue weighted by atomic mass is 79.9. The first kappa shape index (κ1) is 14.5. The molecular formula is C14H14Br2N2O. The summed E-state index contributed by atoms with van der Waals surface area (Å²) >= 11 is 6.88. The minimum absolute atomic E-state index is 0.458. The van der Waals surface area contributed by atoms with Gasteiger partial charge in [0.05, 0.1) is 10.2 Å². The van der Waals surface area contributed by atoms with Gasteiger partial charge in [0, 0.05) is 17.2 Å². The number of nitrogens with zero attached hydrogens (tertiary/aromatic N) is 1. The highest BCUT2D eigenvalue weighted by molar-refractivity contribution is 9.11. The minimum Gasteiger partial charge on any atom is -0.486 e. The third kappa shape index (κ3) is 4.30. The first-order valence-corrected chi connectivity index (χ1v) is 7.44. The van der Waals surface area contributed by atoms with Gasteiger partial charge < -0.3 is 10.1 Å². The molecule has 1 N–H and O–H groups in total. The number of rotatable bonds is 5. The molecule has 1 aromatic carbocycles. The van der Waals surface area contributed by atoms with Crippen LogP contribution in [0.5, 0.6) is 5.75 Å². The molecule has 3 nitrogen and oxygen atoms in total. The van der Waals surface area contributed by atoms with E-state index in [-0.39, 0.29) is 0 Å². The van der Waals surface area contributed by atoms with Crippen molar-refractivity contribution in [2.75, 3.05) is 7.05 Å². The molecule has 2 aromatic rings. The van der Waals surface area contributed by atoms with Crippen LogP contribution in [0.4, 0.5) is 0 Å². The first-order chi connectivity index (χ1) is 9.19. The largest absolute Gasteiger partial charge is 0.486 e. The summed E-state index contributed by atoms with van der Waals surface area (Å²) in [6.07, 6.45) is 1.87. The number of benzene rings is 1. The van der Waals surface area contributed by atoms with Gasteiger partial charge in [-0.2, -0.15) is 0 Å². The van der Waals surface area contributed by atoms with Crippen molar-refractivity contribution >= 4 is 31.9 Å². The second kappa shape index (κ2) is 7.03. The summed E-state index contributed by atoms with van der Waals surface area (Å²) in [6, 6.07) is 9.87. The van der Waals surface area contributed by atoms with E-state index in [1.165, 1.54) is 0 Å². The third-order valence-corrected chi connectivity index (χ3v) is 3.65. The zero-order valence-corrected chi connectivity index (χ0v) is 13.7. The Balaban J connectivity index is 1.98. The topological polar surface area (TPSA) is 34.1 Å². The molecule has 0 aliphatic carbocycles. The maximum atomic E-state index is 5.73. The molecule has 0 spiro atoms. The van der Waals surface area contributed by atoms with E-state index in [1.807, 2.05) is 37.5 Å². The number of pyridine rings is 1. The molecule has 0 bridgehead atoms. The highest BCUT2D eigenvalue weighted by Gasteiger charge is 2.03. The van der Waals surface area contributed by atoms with Gasteiger partial charge in [0.15, 0.2) is 0 Å². The summed E-state index contributed by atoms with van der Waals surface area (Å²) < 4.78 is 7.67. The Morgan fingerprint density at radius 2 is 2.05 bits per heavy atom. The molecule has 2 rings (SSSR count). The van der Waals surface area contributed by atoms with Gasteiger partial charge in [0.25, 0.3) is 0 Å². The van der Waals surface area contributed by atoms with Crippen LogP contribution in [0.15, 0.2) is 45.5 Å². The maximum Gasteiger partial charge on any atom is 0.134 e. The first-order valence-electron chi connectivity index (χ1n) is 5.85. The molecule has 0 fully saturated rings. The normalized spacial score (nSPS) is 10.5. The number of nitrogens with one attached hydrogen (secondary N) is 1. The zero-order valence-electron chi connectivity index (χ0n) is 10.5. The van der Waals surface area contributed by atoms with Gasteiger partial charge in [-0.1, -0.05) is 22.0 Å². The number of ether oxygens (including phenoxy) is 1. The molecule has 0 unspecified atom stereocenters. The minimum atomic E-state index is 0.458. The lowest BCUT2D eigenvalue weighted by Gasteiger charge is -2.08. The number of hydrogen-bond donors (Lipinski definition) is 1. The molecule has 0 aliphatic rings. The number of halogens is 2. The molecule has 0 saturated carbocycles. The van der Waals surface area contributed by atoms with Crippen molar-refractivity contribution in [2.45, 2.75) is 13.2 Å². The summed E-state index contributed by atoms with van der Waals surface area (Å²) in [4.78, 5) is 4.37. The highest BCUT2D eigenvalue weighted by Crippen LogP contribution is 2.28. The van der Waals surface area contributed by atoms with Crippen molar-refractivity contribution in [1.82, 2.24) is 10.3 Å². The lowest BCUT2D eigenvalue weighted by atomic mass is 10.2. The van der Waals surface area contributed by atoms with E-state index >= 15 is 0 Å². The fourth-order valence-electron chi connectivity index (χ4n) is 1.59. The zero-order chi connectivity index (χ0) is 13.7. The molecule has 0 amide bonds. The lowest BCUT2D eigenvalue weighted by Crippen LogP contribution is -2.06. The monoisotopic (exact) mass is 384 g/mol. The Labute approximate surface area is 129 Å². The molecule has 100 valence electrons. The van der Waals surface area contributed by atoms with Crippen molar-refractivity contribution in [3.05, 3.63) is 56.7 Å². The Morgan fingerprint density at radius 3 is 2.68 bits per heavy atom. The maximum absolute atomic E-state index is 5.73.